The van der Waals surface area contributed by atoms with Gasteiger partial charge < -0.3 is 24.6 Å². The molecule has 0 radical (unpaired) electrons. The topological polar surface area (TPSA) is 77.0 Å². The van der Waals surface area contributed by atoms with Crippen molar-refractivity contribution in [3.63, 3.8) is 0 Å². The molecule has 1 rings (SSSR count). The van der Waals surface area contributed by atoms with Gasteiger partial charge in [-0.25, -0.2) is 0 Å². The number of carbonyl (C=O) groups is 1. The van der Waals surface area contributed by atoms with Crippen LogP contribution in [0.25, 0.3) is 0 Å². The van der Waals surface area contributed by atoms with E-state index in [4.69, 9.17) is 14.2 Å². The number of methoxy groups -OCH3 is 3. The van der Waals surface area contributed by atoms with Crippen LogP contribution in [0, 0.1) is 0 Å². The highest BCUT2D eigenvalue weighted by molar-refractivity contribution is 5.97. The Labute approximate surface area is 118 Å². The van der Waals surface area contributed by atoms with Gasteiger partial charge in [0.1, 0.15) is 5.75 Å². The highest BCUT2D eigenvalue weighted by Gasteiger charge is 2.18. The van der Waals surface area contributed by atoms with Gasteiger partial charge in [0.15, 0.2) is 11.5 Å². The zero-order valence-corrected chi connectivity index (χ0v) is 12.2. The second-order valence-corrected chi connectivity index (χ2v) is 4.18. The van der Waals surface area contributed by atoms with Crippen LogP contribution >= 0.6 is 0 Å². The molecular weight excluding hydrogens is 262 g/mol. The summed E-state index contributed by atoms with van der Waals surface area (Å²) in [7, 11) is 4.47. The fourth-order valence-electron chi connectivity index (χ4n) is 1.66. The Bertz CT molecular complexity index is 461. The van der Waals surface area contributed by atoms with Crippen LogP contribution in [0.2, 0.25) is 0 Å². The maximum absolute atomic E-state index is 12.1. The van der Waals surface area contributed by atoms with Gasteiger partial charge in [0, 0.05) is 18.7 Å². The molecule has 112 valence electrons. The van der Waals surface area contributed by atoms with E-state index >= 15 is 0 Å². The van der Waals surface area contributed by atoms with Crippen molar-refractivity contribution in [3.8, 4) is 17.2 Å². The van der Waals surface area contributed by atoms with E-state index in [-0.39, 0.29) is 12.5 Å². The summed E-state index contributed by atoms with van der Waals surface area (Å²) in [5.74, 6) is 0.963. The van der Waals surface area contributed by atoms with E-state index in [1.807, 2.05) is 6.92 Å². The summed E-state index contributed by atoms with van der Waals surface area (Å²) >= 11 is 0. The first-order valence-corrected chi connectivity index (χ1v) is 6.33. The molecule has 0 bridgehead atoms. The molecule has 0 heterocycles. The largest absolute Gasteiger partial charge is 0.496 e. The van der Waals surface area contributed by atoms with Gasteiger partial charge in [-0.15, -0.1) is 0 Å². The zero-order valence-electron chi connectivity index (χ0n) is 12.2. The SMILES string of the molecule is CCC(O)CNC(=O)c1cc(OC)c(OC)cc1OC. The Balaban J connectivity index is 3.00. The summed E-state index contributed by atoms with van der Waals surface area (Å²) in [4.78, 5) is 12.1. The van der Waals surface area contributed by atoms with Crippen molar-refractivity contribution in [2.45, 2.75) is 19.4 Å². The fraction of sp³-hybridized carbons (Fsp3) is 0.500. The van der Waals surface area contributed by atoms with Crippen molar-refractivity contribution in [3.05, 3.63) is 17.7 Å². The van der Waals surface area contributed by atoms with E-state index in [1.54, 1.807) is 12.1 Å². The Morgan fingerprint density at radius 2 is 1.70 bits per heavy atom. The monoisotopic (exact) mass is 283 g/mol. The standard InChI is InChI=1S/C14H21NO5/c1-5-9(16)8-15-14(17)10-6-12(19-3)13(20-4)7-11(10)18-2/h6-7,9,16H,5,8H2,1-4H3,(H,15,17). The molecule has 0 saturated heterocycles. The highest BCUT2D eigenvalue weighted by Crippen LogP contribution is 2.34. The molecule has 1 amide bonds. The van der Waals surface area contributed by atoms with Gasteiger partial charge >= 0.3 is 0 Å². The molecule has 0 aromatic heterocycles. The molecule has 0 aliphatic rings. The molecule has 0 fully saturated rings. The summed E-state index contributed by atoms with van der Waals surface area (Å²) in [5.41, 5.74) is 0.327. The molecule has 20 heavy (non-hydrogen) atoms. The lowest BCUT2D eigenvalue weighted by molar-refractivity contribution is 0.0910. The van der Waals surface area contributed by atoms with Gasteiger partial charge in [-0.1, -0.05) is 6.92 Å². The van der Waals surface area contributed by atoms with Crippen molar-refractivity contribution in [1.29, 1.82) is 0 Å². The first kappa shape index (κ1) is 16.1. The van der Waals surface area contributed by atoms with Gasteiger partial charge in [-0.05, 0) is 6.42 Å². The number of ether oxygens (including phenoxy) is 3. The minimum Gasteiger partial charge on any atom is -0.496 e. The van der Waals surface area contributed by atoms with Crippen LogP contribution in [0.1, 0.15) is 23.7 Å². The Hall–Kier alpha value is -1.95. The molecular formula is C14H21NO5. The van der Waals surface area contributed by atoms with Crippen LogP contribution < -0.4 is 19.5 Å². The van der Waals surface area contributed by atoms with Crippen LogP contribution in [-0.4, -0.2) is 45.0 Å². The van der Waals surface area contributed by atoms with Crippen LogP contribution in [0.5, 0.6) is 17.2 Å². The molecule has 0 aliphatic carbocycles. The smallest absolute Gasteiger partial charge is 0.255 e. The molecule has 1 aromatic carbocycles. The molecule has 0 spiro atoms. The van der Waals surface area contributed by atoms with Gasteiger partial charge in [0.2, 0.25) is 0 Å². The quantitative estimate of drug-likeness (QED) is 0.786. The molecule has 0 saturated carbocycles. The minimum atomic E-state index is -0.565. The number of rotatable bonds is 7. The number of nitrogens with one attached hydrogen (secondary N) is 1. The summed E-state index contributed by atoms with van der Waals surface area (Å²) < 4.78 is 15.5. The van der Waals surface area contributed by atoms with Crippen LogP contribution in [0.4, 0.5) is 0 Å². The molecule has 2 N–H and O–H groups in total. The van der Waals surface area contributed by atoms with Gasteiger partial charge in [-0.2, -0.15) is 0 Å². The lowest BCUT2D eigenvalue weighted by Crippen LogP contribution is -2.32. The third kappa shape index (κ3) is 3.77. The second-order valence-electron chi connectivity index (χ2n) is 4.18. The van der Waals surface area contributed by atoms with Crippen molar-refractivity contribution < 1.29 is 24.1 Å². The number of aliphatic hydroxyl groups excluding tert-OH is 1. The maximum Gasteiger partial charge on any atom is 0.255 e. The lowest BCUT2D eigenvalue weighted by atomic mass is 10.1. The Kier molecular flexibility index (Phi) is 6.11. The van der Waals surface area contributed by atoms with E-state index < -0.39 is 6.10 Å². The third-order valence-corrected chi connectivity index (χ3v) is 2.92. The number of benzene rings is 1. The van der Waals surface area contributed by atoms with E-state index in [9.17, 15) is 9.90 Å². The molecule has 6 nitrogen and oxygen atoms in total. The first-order valence-electron chi connectivity index (χ1n) is 6.33. The molecule has 1 atom stereocenters. The van der Waals surface area contributed by atoms with E-state index in [1.165, 1.54) is 21.3 Å². The molecule has 0 aliphatic heterocycles. The van der Waals surface area contributed by atoms with Crippen molar-refractivity contribution in [2.75, 3.05) is 27.9 Å². The van der Waals surface area contributed by atoms with Crippen LogP contribution in [-0.2, 0) is 0 Å². The van der Waals surface area contributed by atoms with Crippen molar-refractivity contribution in [2.24, 2.45) is 0 Å². The number of carbonyl (C=O) groups excluding carboxylic acids is 1. The average Bonchev–Trinajstić information content (AvgIpc) is 2.50. The Morgan fingerprint density at radius 1 is 1.15 bits per heavy atom. The fourth-order valence-corrected chi connectivity index (χ4v) is 1.66. The average molecular weight is 283 g/mol. The number of hydrogen-bond acceptors (Lipinski definition) is 5. The first-order chi connectivity index (χ1) is 9.57. The van der Waals surface area contributed by atoms with E-state index in [2.05, 4.69) is 5.32 Å². The summed E-state index contributed by atoms with van der Waals surface area (Å²) in [6, 6.07) is 3.13. The zero-order chi connectivity index (χ0) is 15.1. The Morgan fingerprint density at radius 3 is 2.20 bits per heavy atom. The molecule has 1 aromatic rings. The highest BCUT2D eigenvalue weighted by atomic mass is 16.5. The van der Waals surface area contributed by atoms with Crippen LogP contribution in [0.3, 0.4) is 0 Å². The maximum atomic E-state index is 12.1. The van der Waals surface area contributed by atoms with Gasteiger partial charge in [0.25, 0.3) is 5.91 Å². The van der Waals surface area contributed by atoms with Crippen molar-refractivity contribution in [1.82, 2.24) is 5.32 Å². The van der Waals surface area contributed by atoms with Gasteiger partial charge in [-0.3, -0.25) is 4.79 Å². The number of hydrogen-bond donors (Lipinski definition) is 2. The number of amides is 1. The van der Waals surface area contributed by atoms with Gasteiger partial charge in [0.05, 0.1) is 33.0 Å². The predicted molar refractivity (Wildman–Crippen MR) is 74.7 cm³/mol. The molecule has 1 unspecified atom stereocenters. The van der Waals surface area contributed by atoms with Crippen molar-refractivity contribution >= 4 is 5.91 Å². The summed E-state index contributed by atoms with van der Waals surface area (Å²) in [6.07, 6.45) is 0.00803. The second kappa shape index (κ2) is 7.59. The predicted octanol–water partition coefficient (Wildman–Crippen LogP) is 1.21. The van der Waals surface area contributed by atoms with E-state index in [0.29, 0.717) is 29.2 Å². The summed E-state index contributed by atoms with van der Waals surface area (Å²) in [5, 5.41) is 12.1. The summed E-state index contributed by atoms with van der Waals surface area (Å²) in [6.45, 7) is 2.03. The minimum absolute atomic E-state index is 0.187. The van der Waals surface area contributed by atoms with E-state index in [0.717, 1.165) is 0 Å². The normalized spacial score (nSPS) is 11.7. The number of aliphatic hydroxyl groups is 1. The molecule has 6 heteroatoms. The van der Waals surface area contributed by atoms with Crippen LogP contribution in [0.15, 0.2) is 12.1 Å². The third-order valence-electron chi connectivity index (χ3n) is 2.92. The lowest BCUT2D eigenvalue weighted by Gasteiger charge is -2.15.